The lowest BCUT2D eigenvalue weighted by atomic mass is 9.94. The minimum absolute atomic E-state index is 0.0277. The van der Waals surface area contributed by atoms with Gasteiger partial charge in [-0.3, -0.25) is 19.2 Å². The number of carbonyl (C=O) groups is 4. The van der Waals surface area contributed by atoms with Gasteiger partial charge < -0.3 is 25.0 Å². The Morgan fingerprint density at radius 3 is 2.57 bits per heavy atom. The average Bonchev–Trinajstić information content (AvgIpc) is 3.63. The first-order valence-electron chi connectivity index (χ1n) is 12.6. The number of hydrogen-bond donors (Lipinski definition) is 2. The van der Waals surface area contributed by atoms with Crippen LogP contribution in [0.25, 0.3) is 0 Å². The standard InChI is InChI=1S/C28H31N3O6/c1-17(20-8-9-20)31(14-19-6-4-3-5-7-19)25(34)15-30-16-37-28(27(30)36)23-11-10-22(29-26(35)18(2)32)12-21(23)13-24(28)33/h3-7,10-12,17-18,20,32H,8-9,13-16H2,1-2H3,(H,29,35)/t17-,18?,28?/m0/s1. The molecule has 1 spiro atoms. The Morgan fingerprint density at radius 2 is 1.89 bits per heavy atom. The Morgan fingerprint density at radius 1 is 1.16 bits per heavy atom. The van der Waals surface area contributed by atoms with Gasteiger partial charge >= 0.3 is 0 Å². The van der Waals surface area contributed by atoms with Gasteiger partial charge in [0.25, 0.3) is 11.8 Å². The van der Waals surface area contributed by atoms with Gasteiger partial charge in [0.05, 0.1) is 0 Å². The number of aliphatic hydroxyl groups excluding tert-OH is 1. The van der Waals surface area contributed by atoms with Crippen molar-refractivity contribution in [2.45, 2.75) is 57.4 Å². The van der Waals surface area contributed by atoms with Crippen LogP contribution in [0, 0.1) is 5.92 Å². The van der Waals surface area contributed by atoms with Gasteiger partial charge in [0.2, 0.25) is 11.5 Å². The number of aliphatic hydroxyl groups is 1. The van der Waals surface area contributed by atoms with Crippen LogP contribution < -0.4 is 5.32 Å². The molecule has 194 valence electrons. The van der Waals surface area contributed by atoms with Crippen LogP contribution in [0.1, 0.15) is 43.4 Å². The summed E-state index contributed by atoms with van der Waals surface area (Å²) in [7, 11) is 0. The van der Waals surface area contributed by atoms with Gasteiger partial charge in [-0.15, -0.1) is 0 Å². The molecule has 2 aromatic carbocycles. The molecule has 0 bridgehead atoms. The van der Waals surface area contributed by atoms with E-state index < -0.39 is 29.3 Å². The molecule has 1 saturated heterocycles. The van der Waals surface area contributed by atoms with E-state index >= 15 is 0 Å². The Kier molecular flexibility index (Phi) is 6.59. The number of amides is 3. The van der Waals surface area contributed by atoms with Gasteiger partial charge in [0.1, 0.15) is 19.4 Å². The molecular weight excluding hydrogens is 474 g/mol. The third kappa shape index (κ3) is 4.65. The van der Waals surface area contributed by atoms with Crippen molar-refractivity contribution in [1.82, 2.24) is 9.80 Å². The molecule has 2 aromatic rings. The number of hydrogen-bond acceptors (Lipinski definition) is 6. The monoisotopic (exact) mass is 505 g/mol. The zero-order valence-corrected chi connectivity index (χ0v) is 21.0. The summed E-state index contributed by atoms with van der Waals surface area (Å²) in [6.45, 7) is 3.53. The van der Waals surface area contributed by atoms with Gasteiger partial charge in [-0.2, -0.15) is 0 Å². The summed E-state index contributed by atoms with van der Waals surface area (Å²) in [5, 5.41) is 12.0. The van der Waals surface area contributed by atoms with Gasteiger partial charge in [0.15, 0.2) is 5.78 Å². The van der Waals surface area contributed by atoms with E-state index in [1.54, 1.807) is 18.2 Å². The van der Waals surface area contributed by atoms with Crippen LogP contribution in [0.3, 0.4) is 0 Å². The maximum Gasteiger partial charge on any atom is 0.269 e. The second kappa shape index (κ2) is 9.72. The van der Waals surface area contributed by atoms with E-state index in [9.17, 15) is 24.3 Å². The summed E-state index contributed by atoms with van der Waals surface area (Å²) in [5.74, 6) is -1.23. The van der Waals surface area contributed by atoms with Crippen LogP contribution in [0.4, 0.5) is 5.69 Å². The smallest absolute Gasteiger partial charge is 0.269 e. The molecule has 3 atom stereocenters. The molecule has 37 heavy (non-hydrogen) atoms. The van der Waals surface area contributed by atoms with Crippen molar-refractivity contribution < 1.29 is 29.0 Å². The number of ketones is 1. The molecule has 9 nitrogen and oxygen atoms in total. The number of nitrogens with zero attached hydrogens (tertiary/aromatic N) is 2. The second-order valence-corrected chi connectivity index (χ2v) is 10.2. The molecule has 2 fully saturated rings. The lowest BCUT2D eigenvalue weighted by Gasteiger charge is -2.31. The first-order chi connectivity index (χ1) is 17.7. The lowest BCUT2D eigenvalue weighted by molar-refractivity contribution is -0.149. The normalized spacial score (nSPS) is 22.2. The number of carbonyl (C=O) groups excluding carboxylic acids is 4. The van der Waals surface area contributed by atoms with Gasteiger partial charge in [-0.25, -0.2) is 0 Å². The summed E-state index contributed by atoms with van der Waals surface area (Å²) >= 11 is 0. The highest BCUT2D eigenvalue weighted by Crippen LogP contribution is 2.43. The van der Waals surface area contributed by atoms with Gasteiger partial charge in [0, 0.05) is 30.3 Å². The molecule has 3 aliphatic rings. The minimum Gasteiger partial charge on any atom is -0.384 e. The number of nitrogens with one attached hydrogen (secondary N) is 1. The summed E-state index contributed by atoms with van der Waals surface area (Å²) in [5.41, 5.74) is 0.664. The van der Waals surface area contributed by atoms with Crippen molar-refractivity contribution in [1.29, 1.82) is 0 Å². The Balaban J connectivity index is 1.33. The van der Waals surface area contributed by atoms with Crippen LogP contribution in [-0.4, -0.2) is 63.8 Å². The molecule has 1 saturated carbocycles. The van der Waals surface area contributed by atoms with E-state index in [1.165, 1.54) is 11.8 Å². The Hall–Kier alpha value is -3.56. The number of fused-ring (bicyclic) bond motifs is 2. The molecule has 1 aliphatic heterocycles. The fraction of sp³-hybridized carbons (Fsp3) is 0.429. The van der Waals surface area contributed by atoms with Crippen LogP contribution >= 0.6 is 0 Å². The summed E-state index contributed by atoms with van der Waals surface area (Å²) < 4.78 is 5.87. The van der Waals surface area contributed by atoms with E-state index in [4.69, 9.17) is 4.74 Å². The predicted octanol–water partition coefficient (Wildman–Crippen LogP) is 1.97. The SMILES string of the molecule is CC(O)C(=O)Nc1ccc2c(c1)CC(=O)C21OCN(CC(=O)N(Cc2ccccc2)[C@@H](C)C2CC2)C1=O. The van der Waals surface area contributed by atoms with Gasteiger partial charge in [-0.1, -0.05) is 36.4 Å². The highest BCUT2D eigenvalue weighted by Gasteiger charge is 2.59. The molecule has 2 N–H and O–H groups in total. The van der Waals surface area contributed by atoms with Crippen molar-refractivity contribution >= 4 is 29.2 Å². The van der Waals surface area contributed by atoms with Crippen molar-refractivity contribution in [2.24, 2.45) is 5.92 Å². The van der Waals surface area contributed by atoms with Crippen LogP contribution in [0.5, 0.6) is 0 Å². The van der Waals surface area contributed by atoms with Crippen LogP contribution in [0.15, 0.2) is 48.5 Å². The molecule has 1 heterocycles. The third-order valence-electron chi connectivity index (χ3n) is 7.54. The van der Waals surface area contributed by atoms with E-state index in [1.807, 2.05) is 42.2 Å². The molecule has 5 rings (SSSR count). The van der Waals surface area contributed by atoms with Crippen molar-refractivity contribution in [2.75, 3.05) is 18.6 Å². The van der Waals surface area contributed by atoms with E-state index in [-0.39, 0.29) is 31.6 Å². The lowest BCUT2D eigenvalue weighted by Crippen LogP contribution is -2.48. The fourth-order valence-electron chi connectivity index (χ4n) is 5.21. The first-order valence-corrected chi connectivity index (χ1v) is 12.6. The summed E-state index contributed by atoms with van der Waals surface area (Å²) in [4.78, 5) is 55.2. The average molecular weight is 506 g/mol. The minimum atomic E-state index is -1.77. The number of Topliss-reactive ketones (excluding diaryl/α,β-unsaturated/α-hetero) is 1. The Bertz CT molecular complexity index is 1240. The molecule has 9 heteroatoms. The summed E-state index contributed by atoms with van der Waals surface area (Å²) in [6, 6.07) is 14.6. The van der Waals surface area contributed by atoms with Crippen LogP contribution in [0.2, 0.25) is 0 Å². The highest BCUT2D eigenvalue weighted by atomic mass is 16.5. The molecule has 0 radical (unpaired) electrons. The zero-order valence-electron chi connectivity index (χ0n) is 21.0. The molecule has 2 aliphatic carbocycles. The number of anilines is 1. The van der Waals surface area contributed by atoms with Gasteiger partial charge in [-0.05, 0) is 55.9 Å². The molecular formula is C28H31N3O6. The quantitative estimate of drug-likeness (QED) is 0.530. The topological polar surface area (TPSA) is 116 Å². The number of benzene rings is 2. The van der Waals surface area contributed by atoms with E-state index in [0.717, 1.165) is 18.4 Å². The van der Waals surface area contributed by atoms with E-state index in [0.29, 0.717) is 29.3 Å². The fourth-order valence-corrected chi connectivity index (χ4v) is 5.21. The largest absolute Gasteiger partial charge is 0.384 e. The second-order valence-electron chi connectivity index (χ2n) is 10.2. The maximum absolute atomic E-state index is 13.6. The first kappa shape index (κ1) is 25.1. The number of ether oxygens (including phenoxy) is 1. The highest BCUT2D eigenvalue weighted by molar-refractivity contribution is 6.15. The van der Waals surface area contributed by atoms with Crippen molar-refractivity contribution in [3.05, 3.63) is 65.2 Å². The van der Waals surface area contributed by atoms with Crippen LogP contribution in [-0.2, 0) is 42.5 Å². The maximum atomic E-state index is 13.6. The zero-order chi connectivity index (χ0) is 26.3. The molecule has 3 amide bonds. The summed E-state index contributed by atoms with van der Waals surface area (Å²) in [6.07, 6.45) is 0.954. The van der Waals surface area contributed by atoms with Crippen molar-refractivity contribution in [3.63, 3.8) is 0 Å². The van der Waals surface area contributed by atoms with E-state index in [2.05, 4.69) is 5.32 Å². The van der Waals surface area contributed by atoms with Crippen molar-refractivity contribution in [3.8, 4) is 0 Å². The number of rotatable bonds is 8. The Labute approximate surface area is 215 Å². The molecule has 0 aromatic heterocycles. The third-order valence-corrected chi connectivity index (χ3v) is 7.54. The predicted molar refractivity (Wildman–Crippen MR) is 134 cm³/mol. The molecule has 2 unspecified atom stereocenters.